The smallest absolute Gasteiger partial charge is 0.137 e. The van der Waals surface area contributed by atoms with E-state index in [0.29, 0.717) is 6.42 Å². The number of aliphatic hydroxyl groups is 2. The number of para-hydroxylation sites is 2. The number of ether oxygens (including phenoxy) is 1. The zero-order valence-corrected chi connectivity index (χ0v) is 11.5. The molecule has 1 aliphatic heterocycles. The Morgan fingerprint density at radius 2 is 1.57 bits per heavy atom. The van der Waals surface area contributed by atoms with E-state index in [1.165, 1.54) is 10.8 Å². The molecule has 4 nitrogen and oxygen atoms in total. The molecule has 0 spiro atoms. The molecule has 2 aromatic carbocycles. The first-order chi connectivity index (χ1) is 10.3. The lowest BCUT2D eigenvalue weighted by Crippen LogP contribution is -2.24. The molecular formula is C17H17NO3. The normalized spacial score (nSPS) is 25.9. The number of rotatable bonds is 2. The topological polar surface area (TPSA) is 54.6 Å². The predicted octanol–water partition coefficient (Wildman–Crippen LogP) is 2.44. The molecule has 1 aliphatic rings. The number of benzene rings is 2. The summed E-state index contributed by atoms with van der Waals surface area (Å²) >= 11 is 0. The Labute approximate surface area is 122 Å². The van der Waals surface area contributed by atoms with Crippen LogP contribution in [0.5, 0.6) is 0 Å². The molecule has 2 heterocycles. The molecule has 0 radical (unpaired) electrons. The van der Waals surface area contributed by atoms with Crippen molar-refractivity contribution in [2.75, 3.05) is 6.61 Å². The zero-order valence-electron chi connectivity index (χ0n) is 11.5. The monoisotopic (exact) mass is 283 g/mol. The van der Waals surface area contributed by atoms with E-state index in [0.717, 1.165) is 11.0 Å². The number of aromatic nitrogens is 1. The first-order valence-electron chi connectivity index (χ1n) is 7.21. The SMILES string of the molecule is OC[C@H]1O[C@@H](n2c3ccccc3c3ccccc32)C[C@@H]1O. The van der Waals surface area contributed by atoms with Crippen LogP contribution in [0.15, 0.2) is 48.5 Å². The lowest BCUT2D eigenvalue weighted by Gasteiger charge is -2.16. The maximum Gasteiger partial charge on any atom is 0.137 e. The summed E-state index contributed by atoms with van der Waals surface area (Å²) in [6.07, 6.45) is -0.884. The summed E-state index contributed by atoms with van der Waals surface area (Å²) in [6.45, 7) is -0.158. The number of hydrogen-bond donors (Lipinski definition) is 2. The molecule has 21 heavy (non-hydrogen) atoms. The van der Waals surface area contributed by atoms with Crippen molar-refractivity contribution in [1.82, 2.24) is 4.57 Å². The molecule has 108 valence electrons. The predicted molar refractivity (Wildman–Crippen MR) is 81.1 cm³/mol. The van der Waals surface area contributed by atoms with Crippen LogP contribution in [0.1, 0.15) is 12.6 Å². The van der Waals surface area contributed by atoms with Crippen molar-refractivity contribution in [3.05, 3.63) is 48.5 Å². The second-order valence-electron chi connectivity index (χ2n) is 5.52. The maximum absolute atomic E-state index is 10.0. The van der Waals surface area contributed by atoms with Gasteiger partial charge in [0.05, 0.1) is 23.7 Å². The van der Waals surface area contributed by atoms with Crippen LogP contribution in [-0.4, -0.2) is 33.6 Å². The van der Waals surface area contributed by atoms with Crippen molar-refractivity contribution >= 4 is 21.8 Å². The van der Waals surface area contributed by atoms with Crippen molar-refractivity contribution in [1.29, 1.82) is 0 Å². The van der Waals surface area contributed by atoms with Gasteiger partial charge < -0.3 is 19.5 Å². The van der Waals surface area contributed by atoms with Crippen molar-refractivity contribution in [2.24, 2.45) is 0 Å². The van der Waals surface area contributed by atoms with Crippen molar-refractivity contribution in [3.63, 3.8) is 0 Å². The summed E-state index contributed by atoms with van der Waals surface area (Å²) in [5.41, 5.74) is 2.18. The highest BCUT2D eigenvalue weighted by molar-refractivity contribution is 6.08. The van der Waals surface area contributed by atoms with E-state index in [2.05, 4.69) is 28.8 Å². The van der Waals surface area contributed by atoms with E-state index >= 15 is 0 Å². The minimum absolute atomic E-state index is 0.158. The van der Waals surface area contributed by atoms with Gasteiger partial charge in [-0.2, -0.15) is 0 Å². The van der Waals surface area contributed by atoms with Gasteiger partial charge in [0.15, 0.2) is 0 Å². The molecule has 4 heteroatoms. The first-order valence-corrected chi connectivity index (χ1v) is 7.21. The van der Waals surface area contributed by atoms with Gasteiger partial charge in [-0.25, -0.2) is 0 Å². The minimum Gasteiger partial charge on any atom is -0.394 e. The highest BCUT2D eigenvalue weighted by Crippen LogP contribution is 2.37. The molecular weight excluding hydrogens is 266 g/mol. The van der Waals surface area contributed by atoms with Crippen molar-refractivity contribution in [3.8, 4) is 0 Å². The molecule has 1 fully saturated rings. The number of nitrogens with zero attached hydrogens (tertiary/aromatic N) is 1. The molecule has 0 bridgehead atoms. The highest BCUT2D eigenvalue weighted by Gasteiger charge is 2.35. The Morgan fingerprint density at radius 3 is 2.10 bits per heavy atom. The Kier molecular flexibility index (Phi) is 2.96. The second-order valence-corrected chi connectivity index (χ2v) is 5.52. The van der Waals surface area contributed by atoms with Crippen LogP contribution >= 0.6 is 0 Å². The van der Waals surface area contributed by atoms with E-state index in [1.807, 2.05) is 24.3 Å². The van der Waals surface area contributed by atoms with E-state index in [1.54, 1.807) is 0 Å². The third kappa shape index (κ3) is 1.87. The molecule has 2 N–H and O–H groups in total. The highest BCUT2D eigenvalue weighted by atomic mass is 16.5. The van der Waals surface area contributed by atoms with Crippen molar-refractivity contribution in [2.45, 2.75) is 24.9 Å². The van der Waals surface area contributed by atoms with E-state index in [-0.39, 0.29) is 12.8 Å². The number of aliphatic hydroxyl groups excluding tert-OH is 2. The quantitative estimate of drug-likeness (QED) is 0.759. The Hall–Kier alpha value is -1.88. The Bertz CT molecular complexity index is 742. The van der Waals surface area contributed by atoms with Crippen LogP contribution in [0.3, 0.4) is 0 Å². The van der Waals surface area contributed by atoms with Gasteiger partial charge in [-0.15, -0.1) is 0 Å². The minimum atomic E-state index is -0.625. The molecule has 4 rings (SSSR count). The standard InChI is InChI=1S/C17H17NO3/c19-10-16-15(20)9-17(21-16)18-13-7-3-1-5-11(13)12-6-2-4-8-14(12)18/h1-8,15-17,19-20H,9-10H2/t15-,16+,17+/m0/s1. The van der Waals surface area contributed by atoms with Crippen LogP contribution in [-0.2, 0) is 4.74 Å². The van der Waals surface area contributed by atoms with Gasteiger partial charge in [0.2, 0.25) is 0 Å². The zero-order chi connectivity index (χ0) is 14.4. The Morgan fingerprint density at radius 1 is 1.00 bits per heavy atom. The summed E-state index contributed by atoms with van der Waals surface area (Å²) < 4.78 is 7.97. The molecule has 0 unspecified atom stereocenters. The summed E-state index contributed by atoms with van der Waals surface area (Å²) in [5, 5.41) is 21.6. The lowest BCUT2D eigenvalue weighted by atomic mass is 10.2. The average Bonchev–Trinajstić information content (AvgIpc) is 3.05. The second kappa shape index (κ2) is 4.84. The molecule has 1 saturated heterocycles. The number of fused-ring (bicyclic) bond motifs is 3. The summed E-state index contributed by atoms with van der Waals surface area (Å²) in [4.78, 5) is 0. The first kappa shape index (κ1) is 12.8. The van der Waals surface area contributed by atoms with E-state index in [9.17, 15) is 10.2 Å². The van der Waals surface area contributed by atoms with Crippen LogP contribution in [0, 0.1) is 0 Å². The molecule has 0 aliphatic carbocycles. The van der Waals surface area contributed by atoms with Gasteiger partial charge in [-0.1, -0.05) is 36.4 Å². The van der Waals surface area contributed by atoms with Gasteiger partial charge in [0, 0.05) is 17.2 Å². The van der Waals surface area contributed by atoms with Gasteiger partial charge in [0.25, 0.3) is 0 Å². The van der Waals surface area contributed by atoms with Crippen LogP contribution in [0.25, 0.3) is 21.8 Å². The Balaban J connectivity index is 1.94. The summed E-state index contributed by atoms with van der Waals surface area (Å²) in [7, 11) is 0. The summed E-state index contributed by atoms with van der Waals surface area (Å²) in [6, 6.07) is 16.4. The van der Waals surface area contributed by atoms with Crippen LogP contribution in [0.4, 0.5) is 0 Å². The lowest BCUT2D eigenvalue weighted by molar-refractivity contribution is -0.0416. The van der Waals surface area contributed by atoms with Gasteiger partial charge in [0.1, 0.15) is 12.3 Å². The average molecular weight is 283 g/mol. The third-order valence-electron chi connectivity index (χ3n) is 4.29. The van der Waals surface area contributed by atoms with E-state index in [4.69, 9.17) is 4.74 Å². The third-order valence-corrected chi connectivity index (χ3v) is 4.29. The maximum atomic E-state index is 10.0. The molecule has 3 atom stereocenters. The molecule has 0 saturated carbocycles. The van der Waals surface area contributed by atoms with E-state index < -0.39 is 12.2 Å². The summed E-state index contributed by atoms with van der Waals surface area (Å²) in [5.74, 6) is 0. The van der Waals surface area contributed by atoms with Crippen molar-refractivity contribution < 1.29 is 14.9 Å². The molecule has 1 aromatic heterocycles. The number of hydrogen-bond acceptors (Lipinski definition) is 3. The largest absolute Gasteiger partial charge is 0.394 e. The molecule has 3 aromatic rings. The van der Waals surface area contributed by atoms with Gasteiger partial charge >= 0.3 is 0 Å². The van der Waals surface area contributed by atoms with Gasteiger partial charge in [-0.3, -0.25) is 0 Å². The van der Waals surface area contributed by atoms with Crippen LogP contribution in [0.2, 0.25) is 0 Å². The molecule has 0 amide bonds. The fourth-order valence-electron chi connectivity index (χ4n) is 3.30. The van der Waals surface area contributed by atoms with Crippen LogP contribution < -0.4 is 0 Å². The fourth-order valence-corrected chi connectivity index (χ4v) is 3.30. The fraction of sp³-hybridized carbons (Fsp3) is 0.294. The van der Waals surface area contributed by atoms with Gasteiger partial charge in [-0.05, 0) is 12.1 Å².